The van der Waals surface area contributed by atoms with Gasteiger partial charge in [-0.15, -0.1) is 11.3 Å². The Morgan fingerprint density at radius 1 is 1.32 bits per heavy atom. The first-order valence-corrected chi connectivity index (χ1v) is 7.13. The molecule has 0 aliphatic carbocycles. The largest absolute Gasteiger partial charge is 0.347 e. The van der Waals surface area contributed by atoms with E-state index < -0.39 is 0 Å². The molecular formula is C14H19N3OS. The Balaban J connectivity index is 2.11. The molecule has 0 bridgehead atoms. The SMILES string of the molecule is CC(NC(C)c1nc2ccccc2s1)C(=O)N(C)C. The van der Waals surface area contributed by atoms with Crippen LogP contribution in [0.15, 0.2) is 24.3 Å². The van der Waals surface area contributed by atoms with Gasteiger partial charge in [0.05, 0.1) is 22.3 Å². The minimum absolute atomic E-state index is 0.0660. The van der Waals surface area contributed by atoms with Gasteiger partial charge < -0.3 is 4.90 Å². The lowest BCUT2D eigenvalue weighted by Crippen LogP contribution is -2.42. The molecule has 1 heterocycles. The number of benzene rings is 1. The van der Waals surface area contributed by atoms with E-state index in [2.05, 4.69) is 16.4 Å². The summed E-state index contributed by atoms with van der Waals surface area (Å²) in [5.41, 5.74) is 1.02. The van der Waals surface area contributed by atoms with Crippen LogP contribution in [0.1, 0.15) is 24.9 Å². The number of rotatable bonds is 4. The normalized spacial score (nSPS) is 14.3. The number of aromatic nitrogens is 1. The van der Waals surface area contributed by atoms with Gasteiger partial charge in [0.2, 0.25) is 5.91 Å². The Kier molecular flexibility index (Phi) is 4.17. The molecular weight excluding hydrogens is 258 g/mol. The molecule has 0 fully saturated rings. The van der Waals surface area contributed by atoms with Crippen LogP contribution in [-0.2, 0) is 4.79 Å². The van der Waals surface area contributed by atoms with Gasteiger partial charge in [-0.05, 0) is 26.0 Å². The summed E-state index contributed by atoms with van der Waals surface area (Å²) in [4.78, 5) is 18.0. The number of fused-ring (bicyclic) bond motifs is 1. The van der Waals surface area contributed by atoms with Gasteiger partial charge in [0.15, 0.2) is 0 Å². The summed E-state index contributed by atoms with van der Waals surface area (Å²) >= 11 is 1.67. The monoisotopic (exact) mass is 277 g/mol. The number of thiazole rings is 1. The fourth-order valence-electron chi connectivity index (χ4n) is 1.98. The van der Waals surface area contributed by atoms with Gasteiger partial charge in [-0.2, -0.15) is 0 Å². The molecule has 1 aromatic heterocycles. The van der Waals surface area contributed by atoms with Crippen LogP contribution in [0.3, 0.4) is 0 Å². The lowest BCUT2D eigenvalue weighted by Gasteiger charge is -2.21. The van der Waals surface area contributed by atoms with E-state index in [1.165, 1.54) is 4.70 Å². The third-order valence-electron chi connectivity index (χ3n) is 2.99. The van der Waals surface area contributed by atoms with Crippen LogP contribution >= 0.6 is 11.3 Å². The van der Waals surface area contributed by atoms with Gasteiger partial charge in [-0.25, -0.2) is 4.98 Å². The quantitative estimate of drug-likeness (QED) is 0.933. The summed E-state index contributed by atoms with van der Waals surface area (Å²) in [7, 11) is 3.53. The number of nitrogens with one attached hydrogen (secondary N) is 1. The third-order valence-corrected chi connectivity index (χ3v) is 4.21. The number of para-hydroxylation sites is 1. The molecule has 1 N–H and O–H groups in total. The molecule has 5 heteroatoms. The average molecular weight is 277 g/mol. The highest BCUT2D eigenvalue weighted by Gasteiger charge is 2.19. The summed E-state index contributed by atoms with van der Waals surface area (Å²) in [6, 6.07) is 7.94. The van der Waals surface area contributed by atoms with E-state index >= 15 is 0 Å². The van der Waals surface area contributed by atoms with Crippen molar-refractivity contribution in [3.8, 4) is 0 Å². The van der Waals surface area contributed by atoms with Crippen LogP contribution in [0.2, 0.25) is 0 Å². The molecule has 0 spiro atoms. The van der Waals surface area contributed by atoms with Crippen molar-refractivity contribution in [2.45, 2.75) is 25.9 Å². The zero-order valence-corrected chi connectivity index (χ0v) is 12.5. The minimum atomic E-state index is -0.211. The van der Waals surface area contributed by atoms with E-state index in [4.69, 9.17) is 0 Å². The van der Waals surface area contributed by atoms with Crippen molar-refractivity contribution in [2.75, 3.05) is 14.1 Å². The Morgan fingerprint density at radius 2 is 2.00 bits per heavy atom. The number of hydrogen-bond donors (Lipinski definition) is 1. The molecule has 0 radical (unpaired) electrons. The summed E-state index contributed by atoms with van der Waals surface area (Å²) in [6.45, 7) is 3.92. The highest BCUT2D eigenvalue weighted by atomic mass is 32.1. The Hall–Kier alpha value is -1.46. The van der Waals surface area contributed by atoms with Crippen molar-refractivity contribution >= 4 is 27.5 Å². The van der Waals surface area contributed by atoms with Crippen LogP contribution in [0, 0.1) is 0 Å². The summed E-state index contributed by atoms with van der Waals surface area (Å²) in [5.74, 6) is 0.0768. The fraction of sp³-hybridized carbons (Fsp3) is 0.429. The van der Waals surface area contributed by atoms with Crippen molar-refractivity contribution in [3.05, 3.63) is 29.3 Å². The van der Waals surface area contributed by atoms with E-state index in [9.17, 15) is 4.79 Å². The molecule has 2 aromatic rings. The van der Waals surface area contributed by atoms with Crippen LogP contribution in [0.4, 0.5) is 0 Å². The third kappa shape index (κ3) is 3.11. The van der Waals surface area contributed by atoms with Gasteiger partial charge in [0.25, 0.3) is 0 Å². The van der Waals surface area contributed by atoms with E-state index in [1.54, 1.807) is 30.3 Å². The first kappa shape index (κ1) is 14.0. The topological polar surface area (TPSA) is 45.2 Å². The van der Waals surface area contributed by atoms with Gasteiger partial charge in [0.1, 0.15) is 5.01 Å². The second kappa shape index (κ2) is 5.67. The van der Waals surface area contributed by atoms with Gasteiger partial charge in [-0.1, -0.05) is 12.1 Å². The molecule has 1 aromatic carbocycles. The Labute approximate surface area is 117 Å². The number of carbonyl (C=O) groups excluding carboxylic acids is 1. The molecule has 102 valence electrons. The molecule has 4 nitrogen and oxygen atoms in total. The first-order chi connectivity index (χ1) is 8.99. The van der Waals surface area contributed by atoms with Crippen molar-refractivity contribution in [1.82, 2.24) is 15.2 Å². The van der Waals surface area contributed by atoms with Gasteiger partial charge in [0, 0.05) is 14.1 Å². The molecule has 2 atom stereocenters. The zero-order valence-electron chi connectivity index (χ0n) is 11.7. The lowest BCUT2D eigenvalue weighted by atomic mass is 10.2. The van der Waals surface area contributed by atoms with Crippen LogP contribution < -0.4 is 5.32 Å². The summed E-state index contributed by atoms with van der Waals surface area (Å²) in [5, 5.41) is 4.31. The molecule has 19 heavy (non-hydrogen) atoms. The van der Waals surface area contributed by atoms with Crippen molar-refractivity contribution < 1.29 is 4.79 Å². The van der Waals surface area contributed by atoms with E-state index in [0.717, 1.165) is 10.5 Å². The van der Waals surface area contributed by atoms with Gasteiger partial charge in [-0.3, -0.25) is 10.1 Å². The standard InChI is InChI=1S/C14H19N3OS/c1-9(15-10(2)14(18)17(3)4)13-16-11-7-5-6-8-12(11)19-13/h5-10,15H,1-4H3. The highest BCUT2D eigenvalue weighted by molar-refractivity contribution is 7.18. The van der Waals surface area contributed by atoms with Crippen LogP contribution in [0.5, 0.6) is 0 Å². The van der Waals surface area contributed by atoms with Gasteiger partial charge >= 0.3 is 0 Å². The van der Waals surface area contributed by atoms with Crippen molar-refractivity contribution in [2.24, 2.45) is 0 Å². The highest BCUT2D eigenvalue weighted by Crippen LogP contribution is 2.26. The summed E-state index contributed by atoms with van der Waals surface area (Å²) in [6.07, 6.45) is 0. The maximum atomic E-state index is 11.8. The maximum Gasteiger partial charge on any atom is 0.238 e. The summed E-state index contributed by atoms with van der Waals surface area (Å²) < 4.78 is 1.18. The predicted octanol–water partition coefficient (Wildman–Crippen LogP) is 2.42. The van der Waals surface area contributed by atoms with E-state index in [0.29, 0.717) is 0 Å². The molecule has 0 aliphatic heterocycles. The second-order valence-electron chi connectivity index (χ2n) is 4.86. The maximum absolute atomic E-state index is 11.8. The minimum Gasteiger partial charge on any atom is -0.347 e. The molecule has 0 aliphatic rings. The fourth-order valence-corrected chi connectivity index (χ4v) is 2.96. The molecule has 0 saturated carbocycles. The molecule has 2 unspecified atom stereocenters. The van der Waals surface area contributed by atoms with Crippen molar-refractivity contribution in [3.63, 3.8) is 0 Å². The molecule has 0 saturated heterocycles. The van der Waals surface area contributed by atoms with E-state index in [1.807, 2.05) is 32.0 Å². The second-order valence-corrected chi connectivity index (χ2v) is 5.92. The number of nitrogens with zero attached hydrogens (tertiary/aromatic N) is 2. The average Bonchev–Trinajstić information content (AvgIpc) is 2.81. The smallest absolute Gasteiger partial charge is 0.238 e. The van der Waals surface area contributed by atoms with Crippen LogP contribution in [0.25, 0.3) is 10.2 Å². The lowest BCUT2D eigenvalue weighted by molar-refractivity contribution is -0.130. The number of carbonyl (C=O) groups is 1. The molecule has 2 rings (SSSR count). The molecule has 1 amide bonds. The predicted molar refractivity (Wildman–Crippen MR) is 79.3 cm³/mol. The van der Waals surface area contributed by atoms with E-state index in [-0.39, 0.29) is 18.0 Å². The first-order valence-electron chi connectivity index (χ1n) is 6.31. The Bertz CT molecular complexity index is 546. The Morgan fingerprint density at radius 3 is 2.63 bits per heavy atom. The number of likely N-dealkylation sites (N-methyl/N-ethyl adjacent to an activating group) is 1. The van der Waals surface area contributed by atoms with Crippen molar-refractivity contribution in [1.29, 1.82) is 0 Å². The number of amides is 1. The van der Waals surface area contributed by atoms with Crippen LogP contribution in [-0.4, -0.2) is 35.9 Å². The number of hydrogen-bond acceptors (Lipinski definition) is 4. The zero-order chi connectivity index (χ0) is 14.0.